The maximum absolute atomic E-state index is 15.7. The van der Waals surface area contributed by atoms with Crippen molar-refractivity contribution in [1.82, 2.24) is 14.8 Å². The Kier molecular flexibility index (Phi) is 8.04. The molecule has 2 aromatic rings. The predicted octanol–water partition coefficient (Wildman–Crippen LogP) is 4.45. The minimum absolute atomic E-state index is 0.0111. The molecule has 1 aromatic carbocycles. The van der Waals surface area contributed by atoms with E-state index in [0.29, 0.717) is 16.7 Å². The Bertz CT molecular complexity index is 1360. The number of carbonyl (C=O) groups is 2. The number of pyridine rings is 1. The number of likely N-dealkylation sites (tertiary alicyclic amines) is 1. The third-order valence-corrected chi connectivity index (χ3v) is 9.49. The van der Waals surface area contributed by atoms with Crippen LogP contribution in [0.25, 0.3) is 10.9 Å². The van der Waals surface area contributed by atoms with Crippen molar-refractivity contribution < 1.29 is 28.4 Å². The normalized spacial score (nSPS) is 19.9. The summed E-state index contributed by atoms with van der Waals surface area (Å²) >= 11 is 5.17. The molecule has 0 radical (unpaired) electrons. The molecule has 1 aromatic heterocycles. The van der Waals surface area contributed by atoms with Crippen molar-refractivity contribution >= 4 is 73.0 Å². The van der Waals surface area contributed by atoms with Gasteiger partial charge in [-0.3, -0.25) is 14.9 Å². The fourth-order valence-electron chi connectivity index (χ4n) is 5.08. The molecular weight excluding hydrogens is 692 g/mol. The Hall–Kier alpha value is -2.33. The van der Waals surface area contributed by atoms with Crippen molar-refractivity contribution in [2.24, 2.45) is 0 Å². The summed E-state index contributed by atoms with van der Waals surface area (Å²) in [7, 11) is 5.00. The fourth-order valence-corrected chi connectivity index (χ4v) is 5.93. The second-order valence-corrected chi connectivity index (χ2v) is 13.0. The van der Waals surface area contributed by atoms with Crippen LogP contribution in [0, 0.1) is 19.5 Å². The first-order valence-electron chi connectivity index (χ1n) is 12.2. The summed E-state index contributed by atoms with van der Waals surface area (Å²) in [5.74, 6) is -1.48. The monoisotopic (exact) mass is 721 g/mol. The Morgan fingerprint density at radius 2 is 1.97 bits per heavy atom. The smallest absolute Gasteiger partial charge is 0.410 e. The number of aromatic nitrogens is 1. The average Bonchev–Trinajstić information content (AvgIpc) is 3.26. The number of hydrogen-bond acceptors (Lipinski definition) is 9. The highest BCUT2D eigenvalue weighted by Gasteiger charge is 2.55. The molecule has 4 rings (SSSR count). The molecule has 1 unspecified atom stereocenters. The summed E-state index contributed by atoms with van der Waals surface area (Å²) in [6.07, 6.45) is -0.637. The maximum Gasteiger partial charge on any atom is 0.410 e. The van der Waals surface area contributed by atoms with Gasteiger partial charge in [-0.1, -0.05) is 0 Å². The third kappa shape index (κ3) is 5.26. The van der Waals surface area contributed by atoms with E-state index >= 15 is 4.39 Å². The lowest BCUT2D eigenvalue weighted by molar-refractivity contribution is -0.385. The van der Waals surface area contributed by atoms with Gasteiger partial charge >= 0.3 is 17.7 Å². The van der Waals surface area contributed by atoms with Crippen molar-refractivity contribution in [1.29, 1.82) is 0 Å². The lowest BCUT2D eigenvalue weighted by Gasteiger charge is -2.43. The highest BCUT2D eigenvalue weighted by molar-refractivity contribution is 14.1. The van der Waals surface area contributed by atoms with Crippen LogP contribution in [0.15, 0.2) is 10.5 Å². The van der Waals surface area contributed by atoms with Gasteiger partial charge in [-0.2, -0.15) is 0 Å². The van der Waals surface area contributed by atoms with Gasteiger partial charge in [0.25, 0.3) is 0 Å². The zero-order valence-corrected chi connectivity index (χ0v) is 26.3. The number of ether oxygens (including phenoxy) is 2. The van der Waals surface area contributed by atoms with Gasteiger partial charge in [0.15, 0.2) is 5.82 Å². The molecule has 2 aliphatic rings. The summed E-state index contributed by atoms with van der Waals surface area (Å²) in [4.78, 5) is 48.3. The number of nitro groups is 1. The number of anilines is 1. The van der Waals surface area contributed by atoms with Crippen molar-refractivity contribution in [3.63, 3.8) is 0 Å². The van der Waals surface area contributed by atoms with Crippen LogP contribution in [0.3, 0.4) is 0 Å². The molecule has 1 amide bonds. The molecule has 0 N–H and O–H groups in total. The molecule has 0 bridgehead atoms. The Morgan fingerprint density at radius 3 is 2.51 bits per heavy atom. The van der Waals surface area contributed by atoms with Crippen LogP contribution in [0.5, 0.6) is 0 Å². The molecule has 39 heavy (non-hydrogen) atoms. The summed E-state index contributed by atoms with van der Waals surface area (Å²) < 4.78 is 27.0. The second-order valence-electron chi connectivity index (χ2n) is 11.0. The van der Waals surface area contributed by atoms with Crippen LogP contribution < -0.4 is 4.90 Å². The number of halogens is 3. The Balaban J connectivity index is 2.01. The molecular formula is C25H30BrFIN5O6. The van der Waals surface area contributed by atoms with E-state index in [2.05, 4.69) is 20.9 Å². The summed E-state index contributed by atoms with van der Waals surface area (Å²) in [5.41, 5.74) is -2.96. The van der Waals surface area contributed by atoms with Gasteiger partial charge in [-0.25, -0.2) is 14.2 Å². The molecule has 2 fully saturated rings. The molecule has 0 spiro atoms. The molecule has 0 saturated carbocycles. The van der Waals surface area contributed by atoms with Gasteiger partial charge < -0.3 is 24.2 Å². The first kappa shape index (κ1) is 29.6. The highest BCUT2D eigenvalue weighted by Crippen LogP contribution is 2.49. The average molecular weight is 722 g/mol. The van der Waals surface area contributed by atoms with Crippen molar-refractivity contribution in [2.45, 2.75) is 44.2 Å². The van der Waals surface area contributed by atoms with Crippen LogP contribution in [0.2, 0.25) is 0 Å². The van der Waals surface area contributed by atoms with Crippen LogP contribution in [-0.4, -0.2) is 90.8 Å². The first-order valence-corrected chi connectivity index (χ1v) is 14.1. The van der Waals surface area contributed by atoms with Crippen LogP contribution in [0.1, 0.15) is 32.8 Å². The molecule has 2 aliphatic heterocycles. The summed E-state index contributed by atoms with van der Waals surface area (Å²) in [5, 5.41) is 12.9. The molecule has 3 heterocycles. The standard InChI is InChI=1S/C25H30BrFIN5O6/c1-24(2,3)39-23(35)31-8-7-25(12-31,22(34)38-6)16-14-9-15(28)17(26)18(27)19(14)29-21(20(16)33(36)37)32-10-13(11-32)30(4)5/h9,13H,7-8,10-12H2,1-6H3. The quantitative estimate of drug-likeness (QED) is 0.145. The minimum Gasteiger partial charge on any atom is -0.468 e. The van der Waals surface area contributed by atoms with E-state index in [0.717, 1.165) is 0 Å². The number of esters is 1. The highest BCUT2D eigenvalue weighted by atomic mass is 127. The van der Waals surface area contributed by atoms with Gasteiger partial charge in [0, 0.05) is 41.2 Å². The summed E-state index contributed by atoms with van der Waals surface area (Å²) in [6.45, 7) is 5.89. The zero-order chi connectivity index (χ0) is 29.0. The molecule has 2 saturated heterocycles. The van der Waals surface area contributed by atoms with Gasteiger partial charge in [-0.05, 0) is 85.9 Å². The number of amides is 1. The number of rotatable bonds is 5. The molecule has 14 heteroatoms. The van der Waals surface area contributed by atoms with Gasteiger partial charge in [0.05, 0.1) is 22.1 Å². The Morgan fingerprint density at radius 1 is 1.33 bits per heavy atom. The van der Waals surface area contributed by atoms with Crippen LogP contribution in [0.4, 0.5) is 20.7 Å². The van der Waals surface area contributed by atoms with E-state index < -0.39 is 39.5 Å². The topological polar surface area (TPSA) is 118 Å². The van der Waals surface area contributed by atoms with Gasteiger partial charge in [0.1, 0.15) is 16.5 Å². The van der Waals surface area contributed by atoms with E-state index in [1.54, 1.807) is 31.7 Å². The van der Waals surface area contributed by atoms with Crippen molar-refractivity contribution in [3.05, 3.63) is 35.6 Å². The van der Waals surface area contributed by atoms with E-state index in [9.17, 15) is 19.7 Å². The van der Waals surface area contributed by atoms with Gasteiger partial charge in [0.2, 0.25) is 5.82 Å². The SMILES string of the molecule is COC(=O)C1(c2c([N+](=O)[O-])c(N3CC(N(C)C)C3)nc3c(F)c(Br)c(I)cc23)CCN(C(=O)OC(C)(C)C)C1. The first-order chi connectivity index (χ1) is 18.1. The van der Waals surface area contributed by atoms with E-state index in [-0.39, 0.29) is 52.3 Å². The zero-order valence-electron chi connectivity index (χ0n) is 22.5. The largest absolute Gasteiger partial charge is 0.468 e. The minimum atomic E-state index is -1.65. The van der Waals surface area contributed by atoms with E-state index in [4.69, 9.17) is 9.47 Å². The number of fused-ring (bicyclic) bond motifs is 1. The number of carbonyl (C=O) groups excluding carboxylic acids is 2. The number of methoxy groups -OCH3 is 1. The number of hydrogen-bond donors (Lipinski definition) is 0. The Labute approximate surface area is 247 Å². The van der Waals surface area contributed by atoms with Gasteiger partial charge in [-0.15, -0.1) is 0 Å². The second kappa shape index (κ2) is 10.6. The van der Waals surface area contributed by atoms with Crippen LogP contribution in [-0.2, 0) is 19.7 Å². The van der Waals surface area contributed by atoms with Crippen molar-refractivity contribution in [3.8, 4) is 0 Å². The van der Waals surface area contributed by atoms with E-state index in [1.807, 2.05) is 41.6 Å². The summed E-state index contributed by atoms with van der Waals surface area (Å²) in [6, 6.07) is 1.70. The maximum atomic E-state index is 15.7. The molecule has 212 valence electrons. The molecule has 0 aliphatic carbocycles. The number of nitrogens with zero attached hydrogens (tertiary/aromatic N) is 5. The van der Waals surface area contributed by atoms with Crippen LogP contribution >= 0.6 is 38.5 Å². The number of likely N-dealkylation sites (N-methyl/N-ethyl adjacent to an activating group) is 1. The predicted molar refractivity (Wildman–Crippen MR) is 155 cm³/mol. The lowest BCUT2D eigenvalue weighted by Crippen LogP contribution is -2.58. The van der Waals surface area contributed by atoms with Crippen molar-refractivity contribution in [2.75, 3.05) is 52.3 Å². The fraction of sp³-hybridized carbons (Fsp3) is 0.560. The van der Waals surface area contributed by atoms with E-state index in [1.165, 1.54) is 12.0 Å². The number of benzene rings is 1. The third-order valence-electron chi connectivity index (χ3n) is 7.12. The molecule has 11 nitrogen and oxygen atoms in total. The lowest BCUT2D eigenvalue weighted by atomic mass is 9.76. The molecule has 1 atom stereocenters.